The lowest BCUT2D eigenvalue weighted by Gasteiger charge is -2.23. The number of rotatable bonds is 5. The quantitative estimate of drug-likeness (QED) is 0.310. The fourth-order valence-corrected chi connectivity index (χ4v) is 2.32. The SMILES string of the molecule is C=C=CCCCC1(C(=O)OC)CCCC1=O. The molecule has 0 radical (unpaired) electrons. The van der Waals surface area contributed by atoms with Crippen LogP contribution in [0.5, 0.6) is 0 Å². The number of methoxy groups -OCH3 is 1. The first kappa shape index (κ1) is 12.7. The van der Waals surface area contributed by atoms with Gasteiger partial charge in [0.1, 0.15) is 11.2 Å². The van der Waals surface area contributed by atoms with Gasteiger partial charge in [0.2, 0.25) is 0 Å². The van der Waals surface area contributed by atoms with Gasteiger partial charge < -0.3 is 4.74 Å². The summed E-state index contributed by atoms with van der Waals surface area (Å²) >= 11 is 0. The summed E-state index contributed by atoms with van der Waals surface area (Å²) in [6.45, 7) is 3.47. The van der Waals surface area contributed by atoms with Gasteiger partial charge in [0.25, 0.3) is 0 Å². The highest BCUT2D eigenvalue weighted by Crippen LogP contribution is 2.40. The minimum absolute atomic E-state index is 0.0435. The highest BCUT2D eigenvalue weighted by atomic mass is 16.5. The van der Waals surface area contributed by atoms with Crippen molar-refractivity contribution in [3.8, 4) is 0 Å². The van der Waals surface area contributed by atoms with Crippen molar-refractivity contribution in [3.05, 3.63) is 18.4 Å². The van der Waals surface area contributed by atoms with Gasteiger partial charge in [-0.25, -0.2) is 0 Å². The molecule has 3 nitrogen and oxygen atoms in total. The number of esters is 1. The van der Waals surface area contributed by atoms with Gasteiger partial charge in [0.05, 0.1) is 7.11 Å². The number of carbonyl (C=O) groups excluding carboxylic acids is 2. The van der Waals surface area contributed by atoms with Gasteiger partial charge in [-0.3, -0.25) is 9.59 Å². The maximum absolute atomic E-state index is 11.8. The van der Waals surface area contributed by atoms with Crippen molar-refractivity contribution in [3.63, 3.8) is 0 Å². The summed E-state index contributed by atoms with van der Waals surface area (Å²) in [7, 11) is 1.35. The van der Waals surface area contributed by atoms with Gasteiger partial charge >= 0.3 is 5.97 Å². The minimum Gasteiger partial charge on any atom is -0.468 e. The molecule has 3 heteroatoms. The van der Waals surface area contributed by atoms with E-state index in [1.165, 1.54) is 7.11 Å². The van der Waals surface area contributed by atoms with Gasteiger partial charge in [-0.15, -0.1) is 5.73 Å². The fraction of sp³-hybridized carbons (Fsp3) is 0.615. The molecule has 0 aromatic carbocycles. The molecule has 1 unspecified atom stereocenters. The second-order valence-electron chi connectivity index (χ2n) is 4.15. The van der Waals surface area contributed by atoms with Crippen LogP contribution in [0.3, 0.4) is 0 Å². The van der Waals surface area contributed by atoms with E-state index in [4.69, 9.17) is 4.74 Å². The normalized spacial score (nSPS) is 23.9. The Morgan fingerprint density at radius 2 is 2.44 bits per heavy atom. The summed E-state index contributed by atoms with van der Waals surface area (Å²) in [4.78, 5) is 23.6. The molecule has 1 saturated carbocycles. The molecule has 0 saturated heterocycles. The summed E-state index contributed by atoms with van der Waals surface area (Å²) in [6.07, 6.45) is 5.94. The molecule has 0 amide bonds. The molecular formula is C13H18O3. The predicted octanol–water partition coefficient (Wildman–Crippen LogP) is 2.41. The van der Waals surface area contributed by atoms with E-state index in [0.717, 1.165) is 19.3 Å². The first-order valence-electron chi connectivity index (χ1n) is 5.63. The van der Waals surface area contributed by atoms with Crippen LogP contribution in [-0.2, 0) is 14.3 Å². The largest absolute Gasteiger partial charge is 0.468 e. The molecule has 1 aliphatic rings. The molecule has 1 fully saturated rings. The molecule has 1 rings (SSSR count). The van der Waals surface area contributed by atoms with Crippen molar-refractivity contribution in [2.75, 3.05) is 7.11 Å². The number of ether oxygens (including phenoxy) is 1. The third kappa shape index (κ3) is 2.42. The number of ketones is 1. The smallest absolute Gasteiger partial charge is 0.319 e. The number of allylic oxidation sites excluding steroid dienone is 1. The van der Waals surface area contributed by atoms with E-state index in [2.05, 4.69) is 12.3 Å². The second-order valence-corrected chi connectivity index (χ2v) is 4.15. The standard InChI is InChI=1S/C13H18O3/c1-3-4-5-6-9-13(12(15)16-2)10-7-8-11(13)14/h4H,1,5-10H2,2H3. The van der Waals surface area contributed by atoms with E-state index >= 15 is 0 Å². The fourth-order valence-electron chi connectivity index (χ4n) is 2.32. The van der Waals surface area contributed by atoms with E-state index in [-0.39, 0.29) is 11.8 Å². The number of hydrogen-bond acceptors (Lipinski definition) is 3. The molecule has 0 aromatic heterocycles. The van der Waals surface area contributed by atoms with Crippen LogP contribution in [-0.4, -0.2) is 18.9 Å². The van der Waals surface area contributed by atoms with E-state index in [0.29, 0.717) is 19.3 Å². The number of hydrogen-bond donors (Lipinski definition) is 0. The molecular weight excluding hydrogens is 204 g/mol. The van der Waals surface area contributed by atoms with Crippen LogP contribution >= 0.6 is 0 Å². The van der Waals surface area contributed by atoms with Crippen molar-refractivity contribution in [2.45, 2.75) is 38.5 Å². The van der Waals surface area contributed by atoms with Crippen molar-refractivity contribution in [1.82, 2.24) is 0 Å². The molecule has 88 valence electrons. The Kier molecular flexibility index (Phi) is 4.51. The average Bonchev–Trinajstić information content (AvgIpc) is 2.66. The number of Topliss-reactive ketones (excluding diaryl/α,β-unsaturated/α-hetero) is 1. The predicted molar refractivity (Wildman–Crippen MR) is 60.9 cm³/mol. The average molecular weight is 222 g/mol. The first-order valence-corrected chi connectivity index (χ1v) is 5.63. The Morgan fingerprint density at radius 1 is 1.69 bits per heavy atom. The second kappa shape index (κ2) is 5.66. The third-order valence-electron chi connectivity index (χ3n) is 3.21. The summed E-state index contributed by atoms with van der Waals surface area (Å²) in [6, 6.07) is 0. The summed E-state index contributed by atoms with van der Waals surface area (Å²) in [5.41, 5.74) is 1.83. The molecule has 0 aliphatic heterocycles. The van der Waals surface area contributed by atoms with Crippen LogP contribution in [0.1, 0.15) is 38.5 Å². The Hall–Kier alpha value is -1.34. The maximum Gasteiger partial charge on any atom is 0.319 e. The topological polar surface area (TPSA) is 43.4 Å². The zero-order chi connectivity index (χ0) is 12.0. The van der Waals surface area contributed by atoms with Crippen LogP contribution < -0.4 is 0 Å². The molecule has 0 N–H and O–H groups in total. The monoisotopic (exact) mass is 222 g/mol. The summed E-state index contributed by atoms with van der Waals surface area (Å²) in [5.74, 6) is -0.320. The lowest BCUT2D eigenvalue weighted by atomic mass is 9.80. The van der Waals surface area contributed by atoms with Crippen LogP contribution in [0.15, 0.2) is 18.4 Å². The molecule has 16 heavy (non-hydrogen) atoms. The van der Waals surface area contributed by atoms with E-state index < -0.39 is 5.41 Å². The lowest BCUT2D eigenvalue weighted by Crippen LogP contribution is -2.36. The molecule has 0 spiro atoms. The van der Waals surface area contributed by atoms with Crippen molar-refractivity contribution in [2.24, 2.45) is 5.41 Å². The Balaban J connectivity index is 2.68. The van der Waals surface area contributed by atoms with E-state index in [1.807, 2.05) is 6.08 Å². The van der Waals surface area contributed by atoms with Crippen molar-refractivity contribution in [1.29, 1.82) is 0 Å². The van der Waals surface area contributed by atoms with Gasteiger partial charge in [0, 0.05) is 6.42 Å². The van der Waals surface area contributed by atoms with Crippen molar-refractivity contribution < 1.29 is 14.3 Å². The van der Waals surface area contributed by atoms with Gasteiger partial charge in [-0.2, -0.15) is 0 Å². The Morgan fingerprint density at radius 3 is 2.94 bits per heavy atom. The molecule has 0 aromatic rings. The molecule has 0 bridgehead atoms. The van der Waals surface area contributed by atoms with Gasteiger partial charge in [-0.1, -0.05) is 6.58 Å². The summed E-state index contributed by atoms with van der Waals surface area (Å²) < 4.78 is 4.77. The van der Waals surface area contributed by atoms with Crippen LogP contribution in [0.2, 0.25) is 0 Å². The minimum atomic E-state index is -0.857. The summed E-state index contributed by atoms with van der Waals surface area (Å²) in [5, 5.41) is 0. The van der Waals surface area contributed by atoms with E-state index in [9.17, 15) is 9.59 Å². The van der Waals surface area contributed by atoms with Crippen LogP contribution in [0, 0.1) is 5.41 Å². The van der Waals surface area contributed by atoms with E-state index in [1.54, 1.807) is 0 Å². The number of carbonyl (C=O) groups is 2. The zero-order valence-corrected chi connectivity index (χ0v) is 9.75. The van der Waals surface area contributed by atoms with Crippen molar-refractivity contribution >= 4 is 11.8 Å². The maximum atomic E-state index is 11.8. The highest BCUT2D eigenvalue weighted by molar-refractivity contribution is 6.05. The third-order valence-corrected chi connectivity index (χ3v) is 3.21. The van der Waals surface area contributed by atoms with Crippen LogP contribution in [0.25, 0.3) is 0 Å². The number of unbranched alkanes of at least 4 members (excludes halogenated alkanes) is 1. The first-order chi connectivity index (χ1) is 7.67. The Labute approximate surface area is 96.2 Å². The highest BCUT2D eigenvalue weighted by Gasteiger charge is 2.48. The lowest BCUT2D eigenvalue weighted by molar-refractivity contribution is -0.157. The van der Waals surface area contributed by atoms with Gasteiger partial charge in [-0.05, 0) is 38.2 Å². The molecule has 1 aliphatic carbocycles. The zero-order valence-electron chi connectivity index (χ0n) is 9.75. The Bertz CT molecular complexity index is 326. The van der Waals surface area contributed by atoms with Gasteiger partial charge in [0.15, 0.2) is 0 Å². The molecule has 0 heterocycles. The van der Waals surface area contributed by atoms with Crippen LogP contribution in [0.4, 0.5) is 0 Å². The molecule has 1 atom stereocenters.